The van der Waals surface area contributed by atoms with E-state index in [1.54, 1.807) is 0 Å². The maximum Gasteiger partial charge on any atom is 0.174 e. The zero-order valence-electron chi connectivity index (χ0n) is 3.48. The van der Waals surface area contributed by atoms with Crippen LogP contribution < -0.4 is 0 Å². The van der Waals surface area contributed by atoms with Crippen molar-refractivity contribution in [1.29, 1.82) is 0 Å². The second-order valence-corrected chi connectivity index (χ2v) is 0.606. The van der Waals surface area contributed by atoms with E-state index < -0.39 is 5.68 Å². The minimum atomic E-state index is -0.481. The second kappa shape index (κ2) is 9.84. The van der Waals surface area contributed by atoms with E-state index in [4.69, 9.17) is 0 Å². The van der Waals surface area contributed by atoms with Crippen molar-refractivity contribution in [2.45, 2.75) is 0 Å². The second-order valence-electron chi connectivity index (χ2n) is 0.606. The summed E-state index contributed by atoms with van der Waals surface area (Å²) in [5.41, 5.74) is -0.481. The van der Waals surface area contributed by atoms with Gasteiger partial charge in [0.25, 0.3) is 0 Å². The van der Waals surface area contributed by atoms with Crippen LogP contribution in [-0.2, 0) is 42.9 Å². The van der Waals surface area contributed by atoms with Gasteiger partial charge in [-0.25, -0.2) is 0 Å². The summed E-state index contributed by atoms with van der Waals surface area (Å²) in [5, 5.41) is 0. The van der Waals surface area contributed by atoms with E-state index in [-0.39, 0.29) is 38.1 Å². The minimum Gasteiger partial charge on any atom is -0.308 e. The van der Waals surface area contributed by atoms with Crippen molar-refractivity contribution in [3.63, 3.8) is 0 Å². The molecule has 0 unspecified atom stereocenters. The van der Waals surface area contributed by atoms with Crippen molar-refractivity contribution >= 4 is 13.5 Å². The van der Waals surface area contributed by atoms with Gasteiger partial charge >= 0.3 is 0 Å². The first-order chi connectivity index (χ1) is 2.27. The van der Waals surface area contributed by atoms with Gasteiger partial charge in [0.1, 0.15) is 0 Å². The fourth-order valence-electron chi connectivity index (χ4n) is 0. The first kappa shape index (κ1) is 15.6. The van der Waals surface area contributed by atoms with E-state index in [1.165, 1.54) is 0 Å². The van der Waals surface area contributed by atoms with Gasteiger partial charge in [-0.2, -0.15) is 0 Å². The average Bonchev–Trinajstić information content (AvgIpc) is 1.38. The summed E-state index contributed by atoms with van der Waals surface area (Å²) in [7, 11) is 4.53. The zero-order valence-corrected chi connectivity index (χ0v) is 7.35. The molecule has 0 heterocycles. The first-order valence-corrected chi connectivity index (χ1v) is 1.19. The van der Waals surface area contributed by atoms with Crippen LogP contribution in [0.2, 0.25) is 0 Å². The summed E-state index contributed by atoms with van der Waals surface area (Å²) >= 11 is 0. The quantitative estimate of drug-likeness (QED) is 0.487. The number of carbonyl (C=O) groups excluding carboxylic acids is 1. The molecule has 0 aromatic heterocycles. The number of hydrogen-bond donors (Lipinski definition) is 0. The fourth-order valence-corrected chi connectivity index (χ4v) is 0. The maximum atomic E-state index is 9.47. The summed E-state index contributed by atoms with van der Waals surface area (Å²) in [6, 6.07) is 0. The van der Waals surface area contributed by atoms with Crippen LogP contribution in [0.4, 0.5) is 0 Å². The molecule has 0 fully saturated rings. The Hall–Kier alpha value is 0.683. The average molecular weight is 313 g/mol. The van der Waals surface area contributed by atoms with Crippen LogP contribution in [0.3, 0.4) is 0 Å². The van der Waals surface area contributed by atoms with Crippen LogP contribution in [0.15, 0.2) is 12.7 Å². The Labute approximate surface area is 69.1 Å². The molecule has 0 aliphatic rings. The van der Waals surface area contributed by atoms with E-state index in [0.717, 1.165) is 6.08 Å². The van der Waals surface area contributed by atoms with E-state index in [9.17, 15) is 4.79 Å². The van der Waals surface area contributed by atoms with Gasteiger partial charge in [-0.1, -0.05) is 6.58 Å². The Morgan fingerprint density at radius 3 is 1.86 bits per heavy atom. The smallest absolute Gasteiger partial charge is 0.174 e. The summed E-state index contributed by atoms with van der Waals surface area (Å²) in [6.07, 6.45) is 1.06. The van der Waals surface area contributed by atoms with Crippen molar-refractivity contribution in [3.8, 4) is 0 Å². The van der Waals surface area contributed by atoms with Crippen molar-refractivity contribution in [3.05, 3.63) is 12.7 Å². The molecule has 0 aromatic rings. The van der Waals surface area contributed by atoms with Gasteiger partial charge < -0.3 is 4.79 Å². The number of carbonyl (C=O) groups is 1. The molecule has 0 aliphatic heterocycles. The zero-order chi connectivity index (χ0) is 4.28. The Morgan fingerprint density at radius 1 is 1.71 bits per heavy atom. The van der Waals surface area contributed by atoms with Gasteiger partial charge in [-0.3, -0.25) is 0 Å². The minimum absolute atomic E-state index is 0. The van der Waals surface area contributed by atoms with Crippen LogP contribution in [-0.4, -0.2) is 13.5 Å². The molecule has 0 saturated heterocycles. The van der Waals surface area contributed by atoms with Gasteiger partial charge in [0.05, 0.1) is 5.68 Å². The summed E-state index contributed by atoms with van der Waals surface area (Å²) < 4.78 is 0. The molecule has 0 aliphatic carbocycles. The maximum absolute atomic E-state index is 9.47. The number of rotatable bonds is 1. The third-order valence-electron chi connectivity index (χ3n) is 0.201. The van der Waals surface area contributed by atoms with Crippen LogP contribution in [0.5, 0.6) is 0 Å². The molecule has 0 atom stereocenters. The van der Waals surface area contributed by atoms with Gasteiger partial charge in [0, 0.05) is 38.1 Å². The fraction of sp³-hybridized carbons (Fsp3) is 0. The molecule has 41 valence electrons. The predicted octanol–water partition coefficient (Wildman–Crippen LogP) is -0.137. The standard InChI is InChI=1S/C3H3BO.Cu.W/c1-2-3(4)5;;/h2H,1H2;;. The third kappa shape index (κ3) is 20.4. The van der Waals surface area contributed by atoms with Crippen LogP contribution in [0.25, 0.3) is 0 Å². The Bertz CT molecular complexity index is 66.0. The molecule has 0 aromatic carbocycles. The Morgan fingerprint density at radius 2 is 1.86 bits per heavy atom. The number of hydrogen-bond acceptors (Lipinski definition) is 1. The van der Waals surface area contributed by atoms with Gasteiger partial charge in [-0.05, 0) is 6.08 Å². The van der Waals surface area contributed by atoms with Crippen molar-refractivity contribution in [2.24, 2.45) is 0 Å². The molecule has 3 radical (unpaired) electrons. The molecule has 7 heavy (non-hydrogen) atoms. The third-order valence-corrected chi connectivity index (χ3v) is 0.201. The van der Waals surface area contributed by atoms with Crippen molar-refractivity contribution in [1.82, 2.24) is 0 Å². The predicted molar refractivity (Wildman–Crippen MR) is 21.0 cm³/mol. The topological polar surface area (TPSA) is 17.1 Å². The summed E-state index contributed by atoms with van der Waals surface area (Å²) in [5.74, 6) is 0. The molecule has 4 heteroatoms. The monoisotopic (exact) mass is 313 g/mol. The molecular weight excluding hydrogens is 310 g/mol. The molecule has 0 N–H and O–H groups in total. The molecule has 0 bridgehead atoms. The molecule has 0 amide bonds. The van der Waals surface area contributed by atoms with Crippen molar-refractivity contribution in [2.75, 3.05) is 0 Å². The SMILES string of the molecule is [B]C(=O)C=C.[Cu].[W]. The summed E-state index contributed by atoms with van der Waals surface area (Å²) in [4.78, 5) is 9.47. The van der Waals surface area contributed by atoms with Crippen LogP contribution >= 0.6 is 0 Å². The van der Waals surface area contributed by atoms with Crippen molar-refractivity contribution < 1.29 is 42.9 Å². The van der Waals surface area contributed by atoms with Crippen LogP contribution in [0, 0.1) is 0 Å². The normalized spacial score (nSPS) is 4.57. The Kier molecular flexibility index (Phi) is 22.0. The first-order valence-electron chi connectivity index (χ1n) is 1.19. The van der Waals surface area contributed by atoms with E-state index in [1.807, 2.05) is 0 Å². The largest absolute Gasteiger partial charge is 0.308 e. The number of allylic oxidation sites excluding steroid dienone is 1. The van der Waals surface area contributed by atoms with Crippen LogP contribution in [0.1, 0.15) is 0 Å². The van der Waals surface area contributed by atoms with Gasteiger partial charge in [0.15, 0.2) is 7.85 Å². The Balaban J connectivity index is -0.0000000800. The van der Waals surface area contributed by atoms with Gasteiger partial charge in [-0.15, -0.1) is 0 Å². The van der Waals surface area contributed by atoms with E-state index in [2.05, 4.69) is 14.4 Å². The molecule has 0 spiro atoms. The van der Waals surface area contributed by atoms with E-state index >= 15 is 0 Å². The summed E-state index contributed by atoms with van der Waals surface area (Å²) in [6.45, 7) is 3.09. The van der Waals surface area contributed by atoms with Gasteiger partial charge in [0.2, 0.25) is 0 Å². The molecule has 0 saturated carbocycles. The molecule has 0 rings (SSSR count). The van der Waals surface area contributed by atoms with E-state index in [0.29, 0.717) is 0 Å². The molecular formula is C3H3BCuOW. The molecule has 1 nitrogen and oxygen atoms in total.